The van der Waals surface area contributed by atoms with Crippen molar-refractivity contribution in [3.63, 3.8) is 0 Å². The van der Waals surface area contributed by atoms with Gasteiger partial charge in [-0.15, -0.1) is 0 Å². The fourth-order valence-electron chi connectivity index (χ4n) is 1.46. The van der Waals surface area contributed by atoms with Crippen molar-refractivity contribution >= 4 is 27.4 Å². The largest absolute Gasteiger partial charge is 0.465 e. The summed E-state index contributed by atoms with van der Waals surface area (Å²) in [6.07, 6.45) is 0. The Morgan fingerprint density at radius 3 is 2.68 bits per heavy atom. The molecule has 0 bridgehead atoms. The number of anilines is 2. The van der Waals surface area contributed by atoms with Crippen molar-refractivity contribution < 1.29 is 17.9 Å². The molecule has 7 nitrogen and oxygen atoms in total. The van der Waals surface area contributed by atoms with E-state index in [2.05, 4.69) is 14.8 Å². The lowest BCUT2D eigenvalue weighted by Crippen LogP contribution is -2.26. The van der Waals surface area contributed by atoms with Crippen molar-refractivity contribution in [2.75, 3.05) is 37.5 Å². The van der Waals surface area contributed by atoms with E-state index in [9.17, 15) is 13.2 Å². The van der Waals surface area contributed by atoms with Crippen molar-refractivity contribution in [2.24, 2.45) is 0 Å². The van der Waals surface area contributed by atoms with Gasteiger partial charge in [0.05, 0.1) is 29.8 Å². The van der Waals surface area contributed by atoms with Gasteiger partial charge in [-0.25, -0.2) is 17.9 Å². The number of ether oxygens (including phenoxy) is 1. The molecule has 1 rings (SSSR count). The van der Waals surface area contributed by atoms with Crippen LogP contribution in [0.4, 0.5) is 11.4 Å². The Bertz CT molecular complexity index is 557. The standard InChI is InChI=1S/C11H17N3O4S/c1-13-19(16,17)7-6-14-10-8(11(15)18-2)4-3-5-9(10)12/h3-5,13-14H,6-7,12H2,1-2H3. The highest BCUT2D eigenvalue weighted by Crippen LogP contribution is 2.23. The highest BCUT2D eigenvalue weighted by Gasteiger charge is 2.14. The highest BCUT2D eigenvalue weighted by molar-refractivity contribution is 7.89. The van der Waals surface area contributed by atoms with E-state index in [4.69, 9.17) is 5.73 Å². The lowest BCUT2D eigenvalue weighted by molar-refractivity contribution is 0.0602. The van der Waals surface area contributed by atoms with Crippen molar-refractivity contribution in [1.82, 2.24) is 4.72 Å². The number of carbonyl (C=O) groups excluding carboxylic acids is 1. The molecule has 0 amide bonds. The van der Waals surface area contributed by atoms with Gasteiger partial charge in [0.2, 0.25) is 10.0 Å². The lowest BCUT2D eigenvalue weighted by Gasteiger charge is -2.13. The number of methoxy groups -OCH3 is 1. The summed E-state index contributed by atoms with van der Waals surface area (Å²) in [7, 11) is -0.707. The Morgan fingerprint density at radius 2 is 2.11 bits per heavy atom. The van der Waals surface area contributed by atoms with E-state index in [-0.39, 0.29) is 17.9 Å². The van der Waals surface area contributed by atoms with Gasteiger partial charge < -0.3 is 15.8 Å². The fraction of sp³-hybridized carbons (Fsp3) is 0.364. The predicted octanol–water partition coefficient (Wildman–Crippen LogP) is 0.0165. The number of nitrogens with two attached hydrogens (primary N) is 1. The first-order valence-corrected chi connectivity index (χ1v) is 7.18. The molecule has 0 saturated carbocycles. The molecule has 0 aromatic heterocycles. The molecular weight excluding hydrogens is 270 g/mol. The van der Waals surface area contributed by atoms with Crippen LogP contribution in [0.3, 0.4) is 0 Å². The zero-order valence-corrected chi connectivity index (χ0v) is 11.6. The zero-order chi connectivity index (χ0) is 14.5. The quantitative estimate of drug-likeness (QED) is 0.502. The Hall–Kier alpha value is -1.80. The van der Waals surface area contributed by atoms with Gasteiger partial charge in [-0.3, -0.25) is 0 Å². The van der Waals surface area contributed by atoms with Crippen molar-refractivity contribution in [3.8, 4) is 0 Å². The molecule has 0 fully saturated rings. The minimum atomic E-state index is -3.31. The molecule has 0 atom stereocenters. The second-order valence-corrected chi connectivity index (χ2v) is 5.76. The SMILES string of the molecule is CNS(=O)(=O)CCNc1c(N)cccc1C(=O)OC. The predicted molar refractivity (Wildman–Crippen MR) is 73.5 cm³/mol. The third kappa shape index (κ3) is 4.11. The van der Waals surface area contributed by atoms with Crippen LogP contribution in [0, 0.1) is 0 Å². The second kappa shape index (κ2) is 6.39. The molecule has 0 aliphatic rings. The first-order valence-electron chi connectivity index (χ1n) is 5.53. The first-order chi connectivity index (χ1) is 8.91. The molecule has 4 N–H and O–H groups in total. The van der Waals surface area contributed by atoms with Gasteiger partial charge in [-0.05, 0) is 19.2 Å². The topological polar surface area (TPSA) is 111 Å². The average Bonchev–Trinajstić information content (AvgIpc) is 2.39. The molecule has 8 heteroatoms. The maximum Gasteiger partial charge on any atom is 0.340 e. The van der Waals surface area contributed by atoms with Gasteiger partial charge in [0.1, 0.15) is 0 Å². The third-order valence-corrected chi connectivity index (χ3v) is 3.85. The van der Waals surface area contributed by atoms with Crippen LogP contribution in [-0.4, -0.2) is 40.8 Å². The molecule has 0 unspecified atom stereocenters. The van der Waals surface area contributed by atoms with E-state index in [0.717, 1.165) is 0 Å². The van der Waals surface area contributed by atoms with E-state index >= 15 is 0 Å². The van der Waals surface area contributed by atoms with E-state index < -0.39 is 16.0 Å². The van der Waals surface area contributed by atoms with E-state index in [1.165, 1.54) is 14.2 Å². The van der Waals surface area contributed by atoms with Gasteiger partial charge in [0.15, 0.2) is 0 Å². The van der Waals surface area contributed by atoms with Crippen LogP contribution >= 0.6 is 0 Å². The molecule has 0 saturated heterocycles. The summed E-state index contributed by atoms with van der Waals surface area (Å²) in [4.78, 5) is 11.6. The van der Waals surface area contributed by atoms with Crippen LogP contribution in [0.2, 0.25) is 0 Å². The fourth-order valence-corrected chi connectivity index (χ4v) is 2.03. The number of hydrogen-bond acceptors (Lipinski definition) is 6. The number of sulfonamides is 1. The lowest BCUT2D eigenvalue weighted by atomic mass is 10.1. The third-order valence-electron chi connectivity index (χ3n) is 2.49. The van der Waals surface area contributed by atoms with Gasteiger partial charge in [0, 0.05) is 6.54 Å². The molecule has 19 heavy (non-hydrogen) atoms. The molecule has 1 aromatic carbocycles. The van der Waals surface area contributed by atoms with E-state index in [1.807, 2.05) is 0 Å². The van der Waals surface area contributed by atoms with Crippen molar-refractivity contribution in [2.45, 2.75) is 0 Å². The Kier molecular flexibility index (Phi) is 5.13. The van der Waals surface area contributed by atoms with Gasteiger partial charge >= 0.3 is 5.97 Å². The Morgan fingerprint density at radius 1 is 1.42 bits per heavy atom. The molecule has 106 valence electrons. The minimum absolute atomic E-state index is 0.126. The maximum absolute atomic E-state index is 11.6. The van der Waals surface area contributed by atoms with Crippen LogP contribution in [-0.2, 0) is 14.8 Å². The minimum Gasteiger partial charge on any atom is -0.465 e. The smallest absolute Gasteiger partial charge is 0.340 e. The summed E-state index contributed by atoms with van der Waals surface area (Å²) in [5.74, 6) is -0.662. The number of para-hydroxylation sites is 1. The van der Waals surface area contributed by atoms with Crippen LogP contribution in [0.25, 0.3) is 0 Å². The molecule has 0 aliphatic heterocycles. The van der Waals surface area contributed by atoms with Crippen molar-refractivity contribution in [3.05, 3.63) is 23.8 Å². The number of nitrogens with one attached hydrogen (secondary N) is 2. The number of carbonyl (C=O) groups is 1. The molecule has 0 spiro atoms. The number of nitrogen functional groups attached to an aromatic ring is 1. The van der Waals surface area contributed by atoms with Crippen LogP contribution in [0.15, 0.2) is 18.2 Å². The number of hydrogen-bond donors (Lipinski definition) is 3. The van der Waals surface area contributed by atoms with Crippen LogP contribution in [0.5, 0.6) is 0 Å². The van der Waals surface area contributed by atoms with Gasteiger partial charge in [-0.1, -0.05) is 6.07 Å². The summed E-state index contributed by atoms with van der Waals surface area (Å²) in [5, 5.41) is 2.84. The Labute approximate surface area is 112 Å². The summed E-state index contributed by atoms with van der Waals surface area (Å²) in [5.41, 5.74) is 6.76. The molecule has 0 radical (unpaired) electrons. The second-order valence-electron chi connectivity index (χ2n) is 3.71. The molecular formula is C11H17N3O4S. The van der Waals surface area contributed by atoms with Crippen molar-refractivity contribution in [1.29, 1.82) is 0 Å². The zero-order valence-electron chi connectivity index (χ0n) is 10.8. The summed E-state index contributed by atoms with van der Waals surface area (Å²) >= 11 is 0. The normalized spacial score (nSPS) is 11.1. The van der Waals surface area contributed by atoms with Gasteiger partial charge in [-0.2, -0.15) is 0 Å². The molecule has 0 heterocycles. The average molecular weight is 287 g/mol. The number of rotatable bonds is 6. The highest BCUT2D eigenvalue weighted by atomic mass is 32.2. The maximum atomic E-state index is 11.6. The molecule has 1 aromatic rings. The monoisotopic (exact) mass is 287 g/mol. The van der Waals surface area contributed by atoms with Gasteiger partial charge in [0.25, 0.3) is 0 Å². The molecule has 0 aliphatic carbocycles. The summed E-state index contributed by atoms with van der Waals surface area (Å²) in [6, 6.07) is 4.79. The van der Waals surface area contributed by atoms with Crippen LogP contribution in [0.1, 0.15) is 10.4 Å². The van der Waals surface area contributed by atoms with E-state index in [0.29, 0.717) is 11.4 Å². The first kappa shape index (κ1) is 15.3. The summed E-state index contributed by atoms with van der Waals surface area (Å²) in [6.45, 7) is 0.126. The number of benzene rings is 1. The summed E-state index contributed by atoms with van der Waals surface area (Å²) < 4.78 is 29.4. The Balaban J connectivity index is 2.86. The van der Waals surface area contributed by atoms with E-state index in [1.54, 1.807) is 18.2 Å². The number of esters is 1. The van der Waals surface area contributed by atoms with Crippen LogP contribution < -0.4 is 15.8 Å².